The molecule has 11 heavy (non-hydrogen) atoms. The van der Waals surface area contributed by atoms with Crippen LogP contribution in [0.2, 0.25) is 0 Å². The summed E-state index contributed by atoms with van der Waals surface area (Å²) < 4.78 is 0. The molecule has 0 saturated heterocycles. The van der Waals surface area contributed by atoms with Crippen LogP contribution in [0.5, 0.6) is 0 Å². The van der Waals surface area contributed by atoms with Crippen molar-refractivity contribution in [2.24, 2.45) is 5.92 Å². The van der Waals surface area contributed by atoms with E-state index < -0.39 is 6.09 Å². The lowest BCUT2D eigenvalue weighted by Gasteiger charge is -2.08. The maximum absolute atomic E-state index is 10.1. The molecule has 1 amide bonds. The van der Waals surface area contributed by atoms with Gasteiger partial charge < -0.3 is 15.5 Å². The molecule has 0 fully saturated rings. The van der Waals surface area contributed by atoms with Gasteiger partial charge in [-0.15, -0.1) is 0 Å². The van der Waals surface area contributed by atoms with Gasteiger partial charge in [0.1, 0.15) is 0 Å². The lowest BCUT2D eigenvalue weighted by Crippen LogP contribution is -2.31. The van der Waals surface area contributed by atoms with Crippen molar-refractivity contribution in [1.82, 2.24) is 5.32 Å². The van der Waals surface area contributed by atoms with Gasteiger partial charge in [0, 0.05) is 12.5 Å². The number of amides is 1. The van der Waals surface area contributed by atoms with Crippen molar-refractivity contribution in [2.45, 2.75) is 12.5 Å². The van der Waals surface area contributed by atoms with E-state index in [4.69, 9.17) is 10.2 Å². The zero-order valence-corrected chi connectivity index (χ0v) is 6.03. The minimum absolute atomic E-state index is 0.0916. The Hall–Kier alpha value is -1.03. The average molecular weight is 157 g/mol. The van der Waals surface area contributed by atoms with E-state index in [-0.39, 0.29) is 18.6 Å². The highest BCUT2D eigenvalue weighted by Crippen LogP contribution is 2.16. The van der Waals surface area contributed by atoms with E-state index in [1.165, 1.54) is 0 Å². The van der Waals surface area contributed by atoms with Crippen molar-refractivity contribution in [3.8, 4) is 0 Å². The Kier molecular flexibility index (Phi) is 2.48. The minimum Gasteiger partial charge on any atom is -0.465 e. The van der Waals surface area contributed by atoms with Gasteiger partial charge in [-0.25, -0.2) is 4.79 Å². The number of aliphatic hydroxyl groups is 1. The van der Waals surface area contributed by atoms with Crippen molar-refractivity contribution in [1.29, 1.82) is 0 Å². The second-order valence-electron chi connectivity index (χ2n) is 2.62. The summed E-state index contributed by atoms with van der Waals surface area (Å²) in [5, 5.41) is 19.3. The molecule has 0 unspecified atom stereocenters. The molecule has 0 aromatic carbocycles. The number of carbonyl (C=O) groups is 1. The minimum atomic E-state index is -1.02. The van der Waals surface area contributed by atoms with Crippen LogP contribution >= 0.6 is 0 Å². The van der Waals surface area contributed by atoms with E-state index in [1.54, 1.807) is 6.08 Å². The molecule has 4 nitrogen and oxygen atoms in total. The first-order chi connectivity index (χ1) is 5.22. The van der Waals surface area contributed by atoms with E-state index in [9.17, 15) is 4.79 Å². The molecule has 1 rings (SSSR count). The van der Waals surface area contributed by atoms with Crippen LogP contribution in [0.1, 0.15) is 6.42 Å². The van der Waals surface area contributed by atoms with E-state index in [2.05, 4.69) is 5.32 Å². The molecule has 0 saturated carbocycles. The maximum Gasteiger partial charge on any atom is 0.405 e. The van der Waals surface area contributed by atoms with Crippen LogP contribution in [0.25, 0.3) is 0 Å². The third kappa shape index (κ3) is 2.23. The van der Waals surface area contributed by atoms with Gasteiger partial charge in [-0.3, -0.25) is 0 Å². The molecule has 0 aliphatic heterocycles. The number of carboxylic acid groups (broad SMARTS) is 1. The summed E-state index contributed by atoms with van der Waals surface area (Å²) in [6.07, 6.45) is 3.26. The molecule has 1 aliphatic carbocycles. The number of hydrogen-bond donors (Lipinski definition) is 3. The molecule has 0 aromatic heterocycles. The molecule has 2 atom stereocenters. The molecular formula is C7H11NO3. The molecule has 0 aromatic rings. The second kappa shape index (κ2) is 3.39. The molecule has 4 heteroatoms. The highest BCUT2D eigenvalue weighted by atomic mass is 16.4. The third-order valence-electron chi connectivity index (χ3n) is 1.72. The van der Waals surface area contributed by atoms with Crippen molar-refractivity contribution in [3.05, 3.63) is 12.2 Å². The van der Waals surface area contributed by atoms with Crippen LogP contribution in [0.4, 0.5) is 4.79 Å². The fourth-order valence-corrected chi connectivity index (χ4v) is 1.18. The SMILES string of the molecule is O=C(O)N[C@H]1C=C[C@@H](CO)C1. The smallest absolute Gasteiger partial charge is 0.405 e. The summed E-state index contributed by atoms with van der Waals surface area (Å²) >= 11 is 0. The monoisotopic (exact) mass is 157 g/mol. The highest BCUT2D eigenvalue weighted by Gasteiger charge is 2.18. The Morgan fingerprint density at radius 1 is 1.64 bits per heavy atom. The molecule has 0 bridgehead atoms. The fourth-order valence-electron chi connectivity index (χ4n) is 1.18. The summed E-state index contributed by atoms with van der Waals surface area (Å²) in [6, 6.07) is -0.121. The fraction of sp³-hybridized carbons (Fsp3) is 0.571. The predicted octanol–water partition coefficient (Wildman–Crippen LogP) is 0.191. The van der Waals surface area contributed by atoms with E-state index in [0.29, 0.717) is 6.42 Å². The van der Waals surface area contributed by atoms with Crippen LogP contribution < -0.4 is 5.32 Å². The Bertz CT molecular complexity index is 179. The van der Waals surface area contributed by atoms with Crippen LogP contribution in [-0.4, -0.2) is 29.0 Å². The average Bonchev–Trinajstić information content (AvgIpc) is 2.34. The summed E-state index contributed by atoms with van der Waals surface area (Å²) in [6.45, 7) is 0.0916. The third-order valence-corrected chi connectivity index (χ3v) is 1.72. The Balaban J connectivity index is 2.32. The Labute approximate surface area is 64.5 Å². The first-order valence-electron chi connectivity index (χ1n) is 3.51. The molecule has 0 radical (unpaired) electrons. The Morgan fingerprint density at radius 3 is 2.82 bits per heavy atom. The van der Waals surface area contributed by atoms with Gasteiger partial charge in [0.05, 0.1) is 6.04 Å². The molecule has 0 spiro atoms. The van der Waals surface area contributed by atoms with Gasteiger partial charge in [-0.05, 0) is 6.42 Å². The quantitative estimate of drug-likeness (QED) is 0.501. The largest absolute Gasteiger partial charge is 0.465 e. The van der Waals surface area contributed by atoms with Gasteiger partial charge >= 0.3 is 6.09 Å². The lowest BCUT2D eigenvalue weighted by molar-refractivity contribution is 0.189. The van der Waals surface area contributed by atoms with Crippen LogP contribution in [-0.2, 0) is 0 Å². The van der Waals surface area contributed by atoms with Crippen molar-refractivity contribution >= 4 is 6.09 Å². The predicted molar refractivity (Wildman–Crippen MR) is 39.3 cm³/mol. The topological polar surface area (TPSA) is 69.6 Å². The normalized spacial score (nSPS) is 28.8. The van der Waals surface area contributed by atoms with Gasteiger partial charge in [-0.1, -0.05) is 12.2 Å². The van der Waals surface area contributed by atoms with Gasteiger partial charge in [-0.2, -0.15) is 0 Å². The van der Waals surface area contributed by atoms with Gasteiger partial charge in [0.25, 0.3) is 0 Å². The molecule has 62 valence electrons. The summed E-state index contributed by atoms with van der Waals surface area (Å²) in [7, 11) is 0. The molecular weight excluding hydrogens is 146 g/mol. The van der Waals surface area contributed by atoms with E-state index in [0.717, 1.165) is 0 Å². The van der Waals surface area contributed by atoms with Crippen LogP contribution in [0.3, 0.4) is 0 Å². The highest BCUT2D eigenvalue weighted by molar-refractivity contribution is 5.65. The van der Waals surface area contributed by atoms with E-state index in [1.807, 2.05) is 6.08 Å². The van der Waals surface area contributed by atoms with Gasteiger partial charge in [0.15, 0.2) is 0 Å². The maximum atomic E-state index is 10.1. The van der Waals surface area contributed by atoms with Crippen LogP contribution in [0, 0.1) is 5.92 Å². The van der Waals surface area contributed by atoms with Gasteiger partial charge in [0.2, 0.25) is 0 Å². The number of hydrogen-bond acceptors (Lipinski definition) is 2. The number of aliphatic hydroxyl groups excluding tert-OH is 1. The summed E-state index contributed by atoms with van der Waals surface area (Å²) in [4.78, 5) is 10.1. The molecule has 0 heterocycles. The summed E-state index contributed by atoms with van der Waals surface area (Å²) in [5.41, 5.74) is 0. The Morgan fingerprint density at radius 2 is 2.36 bits per heavy atom. The summed E-state index contributed by atoms with van der Waals surface area (Å²) in [5.74, 6) is 0.117. The second-order valence-corrected chi connectivity index (χ2v) is 2.62. The first-order valence-corrected chi connectivity index (χ1v) is 3.51. The van der Waals surface area contributed by atoms with Crippen LogP contribution in [0.15, 0.2) is 12.2 Å². The molecule has 3 N–H and O–H groups in total. The lowest BCUT2D eigenvalue weighted by atomic mass is 10.1. The number of nitrogens with one attached hydrogen (secondary N) is 1. The van der Waals surface area contributed by atoms with Crippen molar-refractivity contribution in [2.75, 3.05) is 6.61 Å². The zero-order valence-electron chi connectivity index (χ0n) is 6.03. The zero-order chi connectivity index (χ0) is 8.27. The van der Waals surface area contributed by atoms with E-state index >= 15 is 0 Å². The first kappa shape index (κ1) is 8.07. The van der Waals surface area contributed by atoms with Crippen molar-refractivity contribution in [3.63, 3.8) is 0 Å². The van der Waals surface area contributed by atoms with Crippen molar-refractivity contribution < 1.29 is 15.0 Å². The number of rotatable bonds is 2. The molecule has 1 aliphatic rings. The standard InChI is InChI=1S/C7H11NO3/c9-4-5-1-2-6(3-5)8-7(10)11/h1-2,5-6,8-9H,3-4H2,(H,10,11)/t5-,6+/m1/s1.